The SMILES string of the molecule is C[C@]12CC[C@H](O)C[C@H]1CC[C@@H]1[C@@H]2CC[C@]2(C)[C@H](C3=C(Cl)C(=O)OC3)CC[C@]12O. The Morgan fingerprint density at radius 2 is 1.82 bits per heavy atom. The van der Waals surface area contributed by atoms with Gasteiger partial charge in [0.15, 0.2) is 0 Å². The highest BCUT2D eigenvalue weighted by atomic mass is 35.5. The zero-order valence-electron chi connectivity index (χ0n) is 17.0. The van der Waals surface area contributed by atoms with E-state index in [1.807, 2.05) is 0 Å². The minimum atomic E-state index is -0.694. The molecule has 0 bridgehead atoms. The molecule has 4 aliphatic carbocycles. The third-order valence-corrected chi connectivity index (χ3v) is 10.5. The van der Waals surface area contributed by atoms with Crippen LogP contribution in [-0.2, 0) is 9.53 Å². The predicted molar refractivity (Wildman–Crippen MR) is 107 cm³/mol. The van der Waals surface area contributed by atoms with Gasteiger partial charge in [0.25, 0.3) is 0 Å². The topological polar surface area (TPSA) is 66.8 Å². The summed E-state index contributed by atoms with van der Waals surface area (Å²) in [5.41, 5.74) is 0.222. The molecule has 0 saturated heterocycles. The van der Waals surface area contributed by atoms with Crippen LogP contribution >= 0.6 is 11.6 Å². The first kappa shape index (κ1) is 19.4. The molecule has 1 aliphatic heterocycles. The quantitative estimate of drug-likeness (QED) is 0.639. The van der Waals surface area contributed by atoms with Gasteiger partial charge in [-0.3, -0.25) is 0 Å². The second-order valence-corrected chi connectivity index (χ2v) is 11.2. The Morgan fingerprint density at radius 1 is 1.04 bits per heavy atom. The number of fused-ring (bicyclic) bond motifs is 5. The number of hydrogen-bond acceptors (Lipinski definition) is 4. The van der Waals surface area contributed by atoms with Crippen LogP contribution in [0.1, 0.15) is 71.6 Å². The summed E-state index contributed by atoms with van der Waals surface area (Å²) in [5, 5.41) is 22.6. The van der Waals surface area contributed by atoms with Crippen LogP contribution in [0.5, 0.6) is 0 Å². The Morgan fingerprint density at radius 3 is 2.54 bits per heavy atom. The molecule has 0 aromatic rings. The summed E-state index contributed by atoms with van der Waals surface area (Å²) in [6, 6.07) is 0. The molecule has 4 fully saturated rings. The fourth-order valence-corrected chi connectivity index (χ4v) is 8.66. The van der Waals surface area contributed by atoms with E-state index in [9.17, 15) is 15.0 Å². The van der Waals surface area contributed by atoms with Gasteiger partial charge in [-0.2, -0.15) is 0 Å². The number of halogens is 1. The fraction of sp³-hybridized carbons (Fsp3) is 0.870. The number of rotatable bonds is 1. The first-order valence-corrected chi connectivity index (χ1v) is 11.5. The molecule has 5 rings (SSSR count). The van der Waals surface area contributed by atoms with Crippen molar-refractivity contribution in [2.24, 2.45) is 34.5 Å². The van der Waals surface area contributed by atoms with Crippen LogP contribution in [0, 0.1) is 34.5 Å². The normalized spacial score (nSPS) is 53.5. The molecule has 2 N–H and O–H groups in total. The zero-order chi connectivity index (χ0) is 19.9. The molecule has 28 heavy (non-hydrogen) atoms. The van der Waals surface area contributed by atoms with Gasteiger partial charge < -0.3 is 14.9 Å². The maximum atomic E-state index is 12.2. The Hall–Kier alpha value is -0.580. The van der Waals surface area contributed by atoms with E-state index in [2.05, 4.69) is 13.8 Å². The van der Waals surface area contributed by atoms with Crippen LogP contribution in [0.15, 0.2) is 10.6 Å². The van der Waals surface area contributed by atoms with Crippen LogP contribution < -0.4 is 0 Å². The van der Waals surface area contributed by atoms with Crippen LogP contribution in [0.2, 0.25) is 0 Å². The maximum Gasteiger partial charge on any atom is 0.350 e. The van der Waals surface area contributed by atoms with Crippen molar-refractivity contribution in [2.75, 3.05) is 6.61 Å². The molecule has 0 radical (unpaired) electrons. The average molecular weight is 409 g/mol. The highest BCUT2D eigenvalue weighted by molar-refractivity contribution is 6.42. The van der Waals surface area contributed by atoms with Gasteiger partial charge in [0, 0.05) is 5.41 Å². The Bertz CT molecular complexity index is 734. The molecule has 5 heteroatoms. The molecular formula is C23H33ClO4. The van der Waals surface area contributed by atoms with E-state index in [-0.39, 0.29) is 27.9 Å². The van der Waals surface area contributed by atoms with Crippen LogP contribution in [0.3, 0.4) is 0 Å². The van der Waals surface area contributed by atoms with Gasteiger partial charge >= 0.3 is 5.97 Å². The monoisotopic (exact) mass is 408 g/mol. The number of hydrogen-bond donors (Lipinski definition) is 2. The molecule has 0 aromatic carbocycles. The van der Waals surface area contributed by atoms with E-state index in [0.717, 1.165) is 63.4 Å². The Labute approximate surface area is 172 Å². The lowest BCUT2D eigenvalue weighted by Crippen LogP contribution is -2.62. The van der Waals surface area contributed by atoms with Crippen LogP contribution in [0.25, 0.3) is 0 Å². The molecule has 4 nitrogen and oxygen atoms in total. The summed E-state index contributed by atoms with van der Waals surface area (Å²) in [6.45, 7) is 4.96. The van der Waals surface area contributed by atoms with E-state index < -0.39 is 11.6 Å². The molecule has 0 amide bonds. The van der Waals surface area contributed by atoms with E-state index >= 15 is 0 Å². The number of esters is 1. The summed E-state index contributed by atoms with van der Waals surface area (Å²) in [5.74, 6) is 1.15. The largest absolute Gasteiger partial charge is 0.457 e. The third kappa shape index (κ3) is 2.34. The lowest BCUT2D eigenvalue weighted by atomic mass is 9.43. The molecule has 4 saturated carbocycles. The van der Waals surface area contributed by atoms with Crippen molar-refractivity contribution in [2.45, 2.75) is 83.3 Å². The average Bonchev–Trinajstić information content (AvgIpc) is 3.12. The Kier molecular flexibility index (Phi) is 4.30. The zero-order valence-corrected chi connectivity index (χ0v) is 17.8. The minimum absolute atomic E-state index is 0.135. The smallest absolute Gasteiger partial charge is 0.350 e. The van der Waals surface area contributed by atoms with E-state index in [0.29, 0.717) is 24.4 Å². The van der Waals surface area contributed by atoms with Crippen molar-refractivity contribution >= 4 is 17.6 Å². The van der Waals surface area contributed by atoms with Crippen molar-refractivity contribution in [3.63, 3.8) is 0 Å². The summed E-state index contributed by atoms with van der Waals surface area (Å²) >= 11 is 6.31. The van der Waals surface area contributed by atoms with Gasteiger partial charge in [-0.25, -0.2) is 4.79 Å². The second-order valence-electron chi connectivity index (χ2n) is 10.8. The molecule has 156 valence electrons. The molecule has 1 heterocycles. The number of aliphatic hydroxyl groups is 2. The molecule has 8 atom stereocenters. The number of aliphatic hydroxyl groups excluding tert-OH is 1. The number of ether oxygens (including phenoxy) is 1. The predicted octanol–water partition coefficient (Wildman–Crippen LogP) is 4.17. The molecule has 5 aliphatic rings. The van der Waals surface area contributed by atoms with Crippen molar-refractivity contribution in [3.8, 4) is 0 Å². The number of cyclic esters (lactones) is 1. The van der Waals surface area contributed by atoms with Gasteiger partial charge in [0.2, 0.25) is 0 Å². The first-order valence-electron chi connectivity index (χ1n) is 11.2. The van der Waals surface area contributed by atoms with Crippen LogP contribution in [0.4, 0.5) is 0 Å². The van der Waals surface area contributed by atoms with Crippen molar-refractivity contribution < 1.29 is 19.7 Å². The molecule has 0 unspecified atom stereocenters. The number of carbonyl (C=O) groups excluding carboxylic acids is 1. The van der Waals surface area contributed by atoms with Gasteiger partial charge in [-0.15, -0.1) is 0 Å². The van der Waals surface area contributed by atoms with Gasteiger partial charge in [-0.1, -0.05) is 25.4 Å². The van der Waals surface area contributed by atoms with Crippen molar-refractivity contribution in [1.29, 1.82) is 0 Å². The number of carbonyl (C=O) groups is 1. The highest BCUT2D eigenvalue weighted by Gasteiger charge is 2.67. The third-order valence-electron chi connectivity index (χ3n) is 10.1. The lowest BCUT2D eigenvalue weighted by Gasteiger charge is -2.63. The van der Waals surface area contributed by atoms with E-state index in [4.69, 9.17) is 16.3 Å². The molecular weight excluding hydrogens is 376 g/mol. The van der Waals surface area contributed by atoms with Crippen molar-refractivity contribution in [3.05, 3.63) is 10.6 Å². The van der Waals surface area contributed by atoms with E-state index in [1.54, 1.807) is 0 Å². The van der Waals surface area contributed by atoms with Crippen LogP contribution in [-0.4, -0.2) is 34.5 Å². The Balaban J connectivity index is 1.48. The molecule has 0 aromatic heterocycles. The fourth-order valence-electron chi connectivity index (χ4n) is 8.42. The summed E-state index contributed by atoms with van der Waals surface area (Å²) < 4.78 is 5.20. The first-order chi connectivity index (χ1) is 13.2. The standard InChI is InChI=1S/C23H33ClO4/c1-21-8-5-14(25)11-13(21)3-4-18-17(21)6-9-22(2)16(7-10-23(18,22)27)15-12-28-20(26)19(15)24/h13-14,16-18,25,27H,3-12H2,1-2H3/t13-,14+,16+,17+,18-,21+,22-,23+/m1/s1. The summed E-state index contributed by atoms with van der Waals surface area (Å²) in [6.07, 6.45) is 8.72. The second kappa shape index (κ2) is 6.21. The molecule has 0 spiro atoms. The minimum Gasteiger partial charge on any atom is -0.457 e. The summed E-state index contributed by atoms with van der Waals surface area (Å²) in [4.78, 5) is 11.8. The van der Waals surface area contributed by atoms with Gasteiger partial charge in [-0.05, 0) is 92.4 Å². The maximum absolute atomic E-state index is 12.2. The van der Waals surface area contributed by atoms with E-state index in [1.165, 1.54) is 0 Å². The van der Waals surface area contributed by atoms with Gasteiger partial charge in [0.1, 0.15) is 11.6 Å². The highest BCUT2D eigenvalue weighted by Crippen LogP contribution is 2.70. The summed E-state index contributed by atoms with van der Waals surface area (Å²) in [7, 11) is 0. The van der Waals surface area contributed by atoms with Gasteiger partial charge in [0.05, 0.1) is 11.7 Å². The van der Waals surface area contributed by atoms with Crippen molar-refractivity contribution in [1.82, 2.24) is 0 Å². The lowest BCUT2D eigenvalue weighted by molar-refractivity contribution is -0.208.